The average molecular weight is 397 g/mol. The van der Waals surface area contributed by atoms with Gasteiger partial charge in [0, 0.05) is 19.1 Å². The molecule has 154 valence electrons. The van der Waals surface area contributed by atoms with E-state index >= 15 is 0 Å². The Bertz CT molecular complexity index is 805. The number of carbonyl (C=O) groups is 2. The summed E-state index contributed by atoms with van der Waals surface area (Å²) in [7, 11) is 0. The minimum Gasteiger partial charge on any atom is -0.455 e. The van der Waals surface area contributed by atoms with Crippen LogP contribution < -0.4 is 15.4 Å². The minimum atomic E-state index is -0.283. The van der Waals surface area contributed by atoms with Crippen molar-refractivity contribution in [1.29, 1.82) is 0 Å². The molecule has 1 heterocycles. The number of nitrogens with zero attached hydrogens (tertiary/aromatic N) is 1. The van der Waals surface area contributed by atoms with E-state index in [2.05, 4.69) is 10.6 Å². The number of anilines is 1. The van der Waals surface area contributed by atoms with Crippen LogP contribution >= 0.6 is 0 Å². The van der Waals surface area contributed by atoms with Gasteiger partial charge in [0.1, 0.15) is 5.75 Å². The Hall–Kier alpha value is -3.22. The first-order chi connectivity index (χ1) is 14.2. The normalized spacial score (nSPS) is 14.2. The molecule has 0 unspecified atom stereocenters. The van der Waals surface area contributed by atoms with Crippen LogP contribution in [0.3, 0.4) is 0 Å². The van der Waals surface area contributed by atoms with E-state index in [0.717, 1.165) is 24.3 Å². The fourth-order valence-electron chi connectivity index (χ4n) is 3.19. The molecule has 1 saturated heterocycles. The highest BCUT2D eigenvalue weighted by Gasteiger charge is 2.24. The third-order valence-electron chi connectivity index (χ3n) is 4.68. The van der Waals surface area contributed by atoms with Crippen LogP contribution in [-0.4, -0.2) is 49.2 Å². The zero-order valence-corrected chi connectivity index (χ0v) is 16.6. The predicted molar refractivity (Wildman–Crippen MR) is 111 cm³/mol. The number of likely N-dealkylation sites (tertiary alicyclic amines) is 1. The number of nitrogens with one attached hydrogen (secondary N) is 2. The van der Waals surface area contributed by atoms with E-state index in [0.29, 0.717) is 25.4 Å². The summed E-state index contributed by atoms with van der Waals surface area (Å²) in [6.45, 7) is 3.49. The summed E-state index contributed by atoms with van der Waals surface area (Å²) in [6, 6.07) is 17.1. The summed E-state index contributed by atoms with van der Waals surface area (Å²) < 4.78 is 10.9. The number of rotatable bonds is 7. The van der Waals surface area contributed by atoms with Gasteiger partial charge in [-0.3, -0.25) is 4.79 Å². The van der Waals surface area contributed by atoms with Crippen molar-refractivity contribution < 1.29 is 19.1 Å². The van der Waals surface area contributed by atoms with Gasteiger partial charge in [-0.05, 0) is 44.0 Å². The molecule has 0 aromatic heterocycles. The number of hydrogen-bond donors (Lipinski definition) is 2. The first-order valence-corrected chi connectivity index (χ1v) is 9.92. The molecule has 2 aromatic carbocycles. The van der Waals surface area contributed by atoms with Crippen LogP contribution in [0.5, 0.6) is 11.5 Å². The second-order valence-electron chi connectivity index (χ2n) is 6.79. The number of benzene rings is 2. The monoisotopic (exact) mass is 397 g/mol. The minimum absolute atomic E-state index is 0.0609. The fourth-order valence-corrected chi connectivity index (χ4v) is 3.19. The maximum atomic E-state index is 12.4. The van der Waals surface area contributed by atoms with E-state index in [1.807, 2.05) is 54.6 Å². The van der Waals surface area contributed by atoms with Gasteiger partial charge < -0.3 is 25.0 Å². The molecule has 0 atom stereocenters. The Balaban J connectivity index is 1.46. The number of ether oxygens (including phenoxy) is 2. The van der Waals surface area contributed by atoms with Gasteiger partial charge >= 0.3 is 6.09 Å². The van der Waals surface area contributed by atoms with Gasteiger partial charge in [0.25, 0.3) is 0 Å². The van der Waals surface area contributed by atoms with Crippen LogP contribution in [0, 0.1) is 0 Å². The van der Waals surface area contributed by atoms with Gasteiger partial charge in [-0.25, -0.2) is 4.79 Å². The Labute approximate surface area is 171 Å². The molecule has 7 nitrogen and oxygen atoms in total. The summed E-state index contributed by atoms with van der Waals surface area (Å²) in [4.78, 5) is 25.8. The number of piperidine rings is 1. The molecule has 1 aliphatic heterocycles. The van der Waals surface area contributed by atoms with Gasteiger partial charge in [0.05, 0.1) is 18.8 Å². The number of para-hydroxylation sites is 3. The maximum absolute atomic E-state index is 12.4. The van der Waals surface area contributed by atoms with Gasteiger partial charge in [0.15, 0.2) is 5.75 Å². The Morgan fingerprint density at radius 2 is 1.72 bits per heavy atom. The SMILES string of the molecule is CCOC(=O)N1CCC(NC(=O)CNc2ccccc2Oc2ccccc2)CC1. The molecule has 2 amide bonds. The Morgan fingerprint density at radius 3 is 2.45 bits per heavy atom. The fraction of sp³-hybridized carbons (Fsp3) is 0.364. The maximum Gasteiger partial charge on any atom is 0.409 e. The second kappa shape index (κ2) is 10.4. The molecular weight excluding hydrogens is 370 g/mol. The molecule has 2 aromatic rings. The average Bonchev–Trinajstić information content (AvgIpc) is 2.74. The van der Waals surface area contributed by atoms with Gasteiger partial charge in [-0.1, -0.05) is 30.3 Å². The molecule has 0 radical (unpaired) electrons. The van der Waals surface area contributed by atoms with Crippen molar-refractivity contribution in [2.45, 2.75) is 25.8 Å². The summed E-state index contributed by atoms with van der Waals surface area (Å²) in [5, 5.41) is 6.17. The summed E-state index contributed by atoms with van der Waals surface area (Å²) >= 11 is 0. The summed E-state index contributed by atoms with van der Waals surface area (Å²) in [5.41, 5.74) is 0.753. The Kier molecular flexibility index (Phi) is 7.33. The standard InChI is InChI=1S/C22H27N3O4/c1-2-28-22(27)25-14-12-17(13-15-25)24-21(26)16-23-19-10-6-7-11-20(19)29-18-8-4-3-5-9-18/h3-11,17,23H,2,12-16H2,1H3,(H,24,26). The number of carbonyl (C=O) groups excluding carboxylic acids is 2. The third kappa shape index (κ3) is 6.14. The van der Waals surface area contributed by atoms with Crippen molar-refractivity contribution in [3.05, 3.63) is 54.6 Å². The van der Waals surface area contributed by atoms with E-state index in [1.165, 1.54) is 0 Å². The second-order valence-corrected chi connectivity index (χ2v) is 6.79. The summed E-state index contributed by atoms with van der Waals surface area (Å²) in [5.74, 6) is 1.31. The highest BCUT2D eigenvalue weighted by atomic mass is 16.6. The number of hydrogen-bond acceptors (Lipinski definition) is 5. The van der Waals surface area contributed by atoms with E-state index in [4.69, 9.17) is 9.47 Å². The molecular formula is C22H27N3O4. The van der Waals surface area contributed by atoms with Crippen molar-refractivity contribution in [2.24, 2.45) is 0 Å². The van der Waals surface area contributed by atoms with Gasteiger partial charge in [-0.2, -0.15) is 0 Å². The topological polar surface area (TPSA) is 79.9 Å². The van der Waals surface area contributed by atoms with Crippen LogP contribution in [0.2, 0.25) is 0 Å². The first-order valence-electron chi connectivity index (χ1n) is 9.92. The van der Waals surface area contributed by atoms with Crippen LogP contribution in [0.25, 0.3) is 0 Å². The predicted octanol–water partition coefficient (Wildman–Crippen LogP) is 3.63. The lowest BCUT2D eigenvalue weighted by Crippen LogP contribution is -2.47. The molecule has 1 aliphatic rings. The molecule has 1 fully saturated rings. The highest BCUT2D eigenvalue weighted by Crippen LogP contribution is 2.28. The smallest absolute Gasteiger partial charge is 0.409 e. The lowest BCUT2D eigenvalue weighted by Gasteiger charge is -2.31. The molecule has 0 bridgehead atoms. The van der Waals surface area contributed by atoms with Crippen LogP contribution in [0.1, 0.15) is 19.8 Å². The van der Waals surface area contributed by atoms with Crippen molar-refractivity contribution in [1.82, 2.24) is 10.2 Å². The van der Waals surface area contributed by atoms with Crippen molar-refractivity contribution in [3.63, 3.8) is 0 Å². The highest BCUT2D eigenvalue weighted by molar-refractivity contribution is 5.81. The van der Waals surface area contributed by atoms with E-state index in [9.17, 15) is 9.59 Å². The quantitative estimate of drug-likeness (QED) is 0.746. The molecule has 29 heavy (non-hydrogen) atoms. The van der Waals surface area contributed by atoms with Crippen LogP contribution in [-0.2, 0) is 9.53 Å². The molecule has 7 heteroatoms. The number of amides is 2. The molecule has 0 aliphatic carbocycles. The first kappa shape index (κ1) is 20.5. The molecule has 0 spiro atoms. The largest absolute Gasteiger partial charge is 0.455 e. The van der Waals surface area contributed by atoms with E-state index < -0.39 is 0 Å². The van der Waals surface area contributed by atoms with Crippen LogP contribution in [0.15, 0.2) is 54.6 Å². The molecule has 0 saturated carbocycles. The van der Waals surface area contributed by atoms with Gasteiger partial charge in [0.2, 0.25) is 5.91 Å². The van der Waals surface area contributed by atoms with Crippen molar-refractivity contribution in [3.8, 4) is 11.5 Å². The van der Waals surface area contributed by atoms with Crippen molar-refractivity contribution in [2.75, 3.05) is 31.6 Å². The Morgan fingerprint density at radius 1 is 1.03 bits per heavy atom. The zero-order valence-electron chi connectivity index (χ0n) is 16.6. The lowest BCUT2D eigenvalue weighted by molar-refractivity contribution is -0.120. The van der Waals surface area contributed by atoms with Gasteiger partial charge in [-0.15, -0.1) is 0 Å². The van der Waals surface area contributed by atoms with Crippen LogP contribution in [0.4, 0.5) is 10.5 Å². The third-order valence-corrected chi connectivity index (χ3v) is 4.68. The lowest BCUT2D eigenvalue weighted by atomic mass is 10.1. The zero-order chi connectivity index (χ0) is 20.5. The molecule has 2 N–H and O–H groups in total. The van der Waals surface area contributed by atoms with Crippen molar-refractivity contribution >= 4 is 17.7 Å². The summed E-state index contributed by atoms with van der Waals surface area (Å²) in [6.07, 6.45) is 1.16. The van der Waals surface area contributed by atoms with E-state index in [-0.39, 0.29) is 24.6 Å². The molecule has 3 rings (SSSR count). The van der Waals surface area contributed by atoms with E-state index in [1.54, 1.807) is 11.8 Å².